The number of nitrogen functional groups attached to an aromatic ring is 1. The first-order chi connectivity index (χ1) is 10.8. The van der Waals surface area contributed by atoms with Crippen molar-refractivity contribution >= 4 is 19.3 Å². The van der Waals surface area contributed by atoms with E-state index in [1.54, 1.807) is 0 Å². The average Bonchev–Trinajstić information content (AvgIpc) is 3.01. The maximum Gasteiger partial charge on any atom is 0.469 e. The molecule has 23 heavy (non-hydrogen) atoms. The predicted octanol–water partition coefficient (Wildman–Crippen LogP) is -1.20. The van der Waals surface area contributed by atoms with Crippen molar-refractivity contribution in [3.63, 3.8) is 0 Å². The van der Waals surface area contributed by atoms with Gasteiger partial charge in [0, 0.05) is 0 Å². The van der Waals surface area contributed by atoms with Crippen molar-refractivity contribution in [2.75, 3.05) is 12.3 Å². The number of nitrogens with zero attached hydrogens (tertiary/aromatic N) is 4. The fraction of sp³-hybridized carbons (Fsp3) is 0.600. The molecule has 3 rings (SSSR count). The zero-order valence-electron chi connectivity index (χ0n) is 11.5. The zero-order chi connectivity index (χ0) is 16.8. The number of azo groups is 1. The second-order valence-corrected chi connectivity index (χ2v) is 6.30. The third kappa shape index (κ3) is 3.10. The van der Waals surface area contributed by atoms with Crippen molar-refractivity contribution in [2.24, 2.45) is 10.2 Å². The molecule has 1 unspecified atom stereocenters. The van der Waals surface area contributed by atoms with Crippen molar-refractivity contribution in [3.05, 3.63) is 12.0 Å². The van der Waals surface area contributed by atoms with Gasteiger partial charge in [0.1, 0.15) is 42.5 Å². The molecule has 2 aliphatic heterocycles. The number of aliphatic hydroxyl groups is 2. The molecular formula is C10H14N5O7P. The van der Waals surface area contributed by atoms with Gasteiger partial charge < -0.3 is 30.5 Å². The number of aliphatic hydroxyl groups excluding tert-OH is 2. The van der Waals surface area contributed by atoms with E-state index in [0.717, 1.165) is 0 Å². The summed E-state index contributed by atoms with van der Waals surface area (Å²) in [6.45, 7) is -0.596. The maximum absolute atomic E-state index is 10.7. The number of nitrogens with two attached hydrogens (primary N) is 1. The fourth-order valence-corrected chi connectivity index (χ4v) is 2.81. The molecule has 1 saturated heterocycles. The molecule has 0 aliphatic carbocycles. The largest absolute Gasteiger partial charge is 0.469 e. The third-order valence-electron chi connectivity index (χ3n) is 3.56. The Morgan fingerprint density at radius 3 is 2.74 bits per heavy atom. The van der Waals surface area contributed by atoms with Crippen LogP contribution in [0.25, 0.3) is 0 Å². The summed E-state index contributed by atoms with van der Waals surface area (Å²) >= 11 is 0. The maximum atomic E-state index is 10.7. The van der Waals surface area contributed by atoms with Crippen LogP contribution in [0.1, 0.15) is 11.7 Å². The van der Waals surface area contributed by atoms with Gasteiger partial charge in [-0.25, -0.2) is 14.5 Å². The summed E-state index contributed by atoms with van der Waals surface area (Å²) in [5.41, 5.74) is 6.25. The second-order valence-electron chi connectivity index (χ2n) is 5.06. The third-order valence-corrected chi connectivity index (χ3v) is 4.04. The predicted molar refractivity (Wildman–Crippen MR) is 72.4 cm³/mol. The van der Waals surface area contributed by atoms with Crippen LogP contribution in [0.4, 0.5) is 11.5 Å². The number of aromatic nitrogens is 2. The lowest BCUT2D eigenvalue weighted by atomic mass is 10.00. The molecule has 0 amide bonds. The Hall–Kier alpha value is -1.53. The molecule has 1 aromatic rings. The molecule has 0 spiro atoms. The van der Waals surface area contributed by atoms with Crippen LogP contribution >= 0.6 is 7.82 Å². The molecule has 2 aliphatic rings. The molecule has 0 radical (unpaired) electrons. The van der Waals surface area contributed by atoms with Crippen molar-refractivity contribution < 1.29 is 33.8 Å². The zero-order valence-corrected chi connectivity index (χ0v) is 12.4. The first kappa shape index (κ1) is 16.3. The van der Waals surface area contributed by atoms with Crippen LogP contribution in [-0.2, 0) is 13.8 Å². The molecule has 6 N–H and O–H groups in total. The summed E-state index contributed by atoms with van der Waals surface area (Å²) in [5, 5.41) is 27.8. The molecule has 0 saturated carbocycles. The van der Waals surface area contributed by atoms with Gasteiger partial charge in [-0.2, -0.15) is 5.11 Å². The molecule has 0 bridgehead atoms. The Labute approximate surface area is 129 Å². The van der Waals surface area contributed by atoms with E-state index in [1.165, 1.54) is 6.33 Å². The van der Waals surface area contributed by atoms with E-state index < -0.39 is 44.9 Å². The number of ether oxygens (including phenoxy) is 1. The van der Waals surface area contributed by atoms with Gasteiger partial charge in [0.25, 0.3) is 0 Å². The van der Waals surface area contributed by atoms with Crippen LogP contribution < -0.4 is 5.73 Å². The van der Waals surface area contributed by atoms with Gasteiger partial charge in [0.15, 0.2) is 11.5 Å². The summed E-state index contributed by atoms with van der Waals surface area (Å²) in [7, 11) is -4.72. The van der Waals surface area contributed by atoms with Gasteiger partial charge in [0.2, 0.25) is 0 Å². The van der Waals surface area contributed by atoms with E-state index >= 15 is 0 Å². The monoisotopic (exact) mass is 347 g/mol. The van der Waals surface area contributed by atoms with Gasteiger partial charge in [0.05, 0.1) is 6.61 Å². The summed E-state index contributed by atoms with van der Waals surface area (Å²) in [4.78, 5) is 25.2. The molecule has 0 aromatic carbocycles. The normalized spacial score (nSPS) is 33.1. The lowest BCUT2D eigenvalue weighted by Crippen LogP contribution is -2.35. The smallest absolute Gasteiger partial charge is 0.388 e. The highest BCUT2D eigenvalue weighted by molar-refractivity contribution is 7.46. The number of rotatable bonds is 4. The quantitative estimate of drug-likeness (QED) is 0.413. The van der Waals surface area contributed by atoms with E-state index in [2.05, 4.69) is 24.7 Å². The number of phosphoric ester groups is 1. The van der Waals surface area contributed by atoms with Crippen molar-refractivity contribution in [1.82, 2.24) is 9.97 Å². The van der Waals surface area contributed by atoms with Crippen LogP contribution in [0.3, 0.4) is 0 Å². The summed E-state index contributed by atoms with van der Waals surface area (Å²) in [6.07, 6.45) is -3.73. The lowest BCUT2D eigenvalue weighted by molar-refractivity contribution is -0.0293. The first-order valence-corrected chi connectivity index (χ1v) is 8.04. The van der Waals surface area contributed by atoms with E-state index in [-0.39, 0.29) is 11.5 Å². The molecule has 126 valence electrons. The summed E-state index contributed by atoms with van der Waals surface area (Å²) in [6, 6.07) is -0.819. The Morgan fingerprint density at radius 1 is 1.30 bits per heavy atom. The number of phosphoric acid groups is 1. The number of hydrogen-bond acceptors (Lipinski definition) is 10. The topological polar surface area (TPSA) is 193 Å². The van der Waals surface area contributed by atoms with Gasteiger partial charge >= 0.3 is 7.82 Å². The minimum atomic E-state index is -4.72. The van der Waals surface area contributed by atoms with Gasteiger partial charge in [-0.15, -0.1) is 5.11 Å². The lowest BCUT2D eigenvalue weighted by Gasteiger charge is -2.18. The minimum absolute atomic E-state index is 0.121. The highest BCUT2D eigenvalue weighted by Gasteiger charge is 2.49. The van der Waals surface area contributed by atoms with Crippen LogP contribution in [0.15, 0.2) is 16.6 Å². The Morgan fingerprint density at radius 2 is 2.04 bits per heavy atom. The second kappa shape index (κ2) is 5.83. The summed E-state index contributed by atoms with van der Waals surface area (Å²) < 4.78 is 20.5. The molecular weight excluding hydrogens is 333 g/mol. The standard InChI is InChI=1S/C10H14N5O7P/c11-10-6-4(12-2-13-10)5(14-15-6)9-8(17)7(16)3(22-9)1-21-23(18,19)20/h2-3,5,7-9,16-17H,1H2,(H2,11,12,13)(H2,18,19,20)/t3-,5?,7-,8-,9+/m1/s1. The highest BCUT2D eigenvalue weighted by atomic mass is 31.2. The van der Waals surface area contributed by atoms with Gasteiger partial charge in [-0.3, -0.25) is 4.52 Å². The molecule has 12 nitrogen and oxygen atoms in total. The highest BCUT2D eigenvalue weighted by Crippen LogP contribution is 2.44. The van der Waals surface area contributed by atoms with Crippen molar-refractivity contribution in [1.29, 1.82) is 0 Å². The molecule has 5 atom stereocenters. The van der Waals surface area contributed by atoms with Crippen molar-refractivity contribution in [3.8, 4) is 0 Å². The van der Waals surface area contributed by atoms with Crippen LogP contribution in [-0.4, -0.2) is 61.0 Å². The Bertz CT molecular complexity index is 682. The fourth-order valence-electron chi connectivity index (χ4n) is 2.47. The number of hydrogen-bond donors (Lipinski definition) is 5. The van der Waals surface area contributed by atoms with Gasteiger partial charge in [-0.05, 0) is 0 Å². The minimum Gasteiger partial charge on any atom is -0.388 e. The van der Waals surface area contributed by atoms with E-state index in [1.807, 2.05) is 0 Å². The average molecular weight is 347 g/mol. The molecule has 13 heteroatoms. The SMILES string of the molecule is Nc1ncnc2c1N=NC2[C@@H]1O[C@H](COP(=O)(O)O)[C@@H](O)[C@H]1O. The van der Waals surface area contributed by atoms with E-state index in [9.17, 15) is 14.8 Å². The van der Waals surface area contributed by atoms with Crippen molar-refractivity contribution in [2.45, 2.75) is 30.5 Å². The summed E-state index contributed by atoms with van der Waals surface area (Å²) in [5.74, 6) is 0.121. The first-order valence-electron chi connectivity index (χ1n) is 6.51. The van der Waals surface area contributed by atoms with Crippen LogP contribution in [0, 0.1) is 0 Å². The Balaban J connectivity index is 1.77. The van der Waals surface area contributed by atoms with Gasteiger partial charge in [-0.1, -0.05) is 0 Å². The Kier molecular flexibility index (Phi) is 4.14. The van der Waals surface area contributed by atoms with Crippen LogP contribution in [0.2, 0.25) is 0 Å². The molecule has 3 heterocycles. The van der Waals surface area contributed by atoms with E-state index in [0.29, 0.717) is 5.69 Å². The van der Waals surface area contributed by atoms with E-state index in [4.69, 9.17) is 20.3 Å². The number of fused-ring (bicyclic) bond motifs is 1. The molecule has 1 aromatic heterocycles. The van der Waals surface area contributed by atoms with Crippen LogP contribution in [0.5, 0.6) is 0 Å². The number of anilines is 1. The molecule has 1 fully saturated rings.